The van der Waals surface area contributed by atoms with Crippen LogP contribution >= 0.6 is 0 Å². The van der Waals surface area contributed by atoms with E-state index < -0.39 is 0 Å². The van der Waals surface area contributed by atoms with Crippen molar-refractivity contribution < 1.29 is 9.13 Å². The van der Waals surface area contributed by atoms with E-state index in [4.69, 9.17) is 4.74 Å². The SMILES string of the molecule is CCCNC(C)c1c(F)cccc1N(C)C(C)COC. The van der Waals surface area contributed by atoms with Gasteiger partial charge in [0.1, 0.15) is 5.82 Å². The molecular formula is C16H27FN2O. The predicted octanol–water partition coefficient (Wildman–Crippen LogP) is 3.36. The molecule has 2 atom stereocenters. The summed E-state index contributed by atoms with van der Waals surface area (Å²) in [4.78, 5) is 2.08. The molecule has 0 saturated carbocycles. The van der Waals surface area contributed by atoms with Crippen LogP contribution in [0.15, 0.2) is 18.2 Å². The Morgan fingerprint density at radius 2 is 2.05 bits per heavy atom. The van der Waals surface area contributed by atoms with Gasteiger partial charge in [-0.2, -0.15) is 0 Å². The lowest BCUT2D eigenvalue weighted by atomic mass is 10.0. The zero-order chi connectivity index (χ0) is 15.1. The minimum atomic E-state index is -0.157. The number of benzene rings is 1. The number of nitrogens with one attached hydrogen (secondary N) is 1. The molecule has 0 aliphatic rings. The zero-order valence-corrected chi connectivity index (χ0v) is 13.2. The Bertz CT molecular complexity index is 411. The molecule has 0 saturated heterocycles. The first-order chi connectivity index (χ1) is 9.52. The van der Waals surface area contributed by atoms with Crippen LogP contribution in [0.4, 0.5) is 10.1 Å². The van der Waals surface area contributed by atoms with Gasteiger partial charge in [0.2, 0.25) is 0 Å². The fourth-order valence-electron chi connectivity index (χ4n) is 2.32. The van der Waals surface area contributed by atoms with Crippen LogP contribution in [0, 0.1) is 5.82 Å². The number of hydrogen-bond acceptors (Lipinski definition) is 3. The maximum Gasteiger partial charge on any atom is 0.130 e. The molecular weight excluding hydrogens is 255 g/mol. The number of rotatable bonds is 8. The summed E-state index contributed by atoms with van der Waals surface area (Å²) in [6.45, 7) is 7.68. The van der Waals surface area contributed by atoms with Crippen LogP contribution in [0.25, 0.3) is 0 Å². The Morgan fingerprint density at radius 3 is 2.65 bits per heavy atom. The Labute approximate surface area is 122 Å². The molecule has 114 valence electrons. The lowest BCUT2D eigenvalue weighted by Gasteiger charge is -2.30. The molecule has 0 amide bonds. The molecule has 4 heteroatoms. The molecule has 0 aliphatic heterocycles. The van der Waals surface area contributed by atoms with Crippen LogP contribution in [0.2, 0.25) is 0 Å². The van der Waals surface area contributed by atoms with Crippen molar-refractivity contribution in [3.63, 3.8) is 0 Å². The van der Waals surface area contributed by atoms with E-state index in [0.29, 0.717) is 6.61 Å². The lowest BCUT2D eigenvalue weighted by Crippen LogP contribution is -2.34. The van der Waals surface area contributed by atoms with Crippen LogP contribution in [0.5, 0.6) is 0 Å². The van der Waals surface area contributed by atoms with Crippen LogP contribution in [0.1, 0.15) is 38.8 Å². The smallest absolute Gasteiger partial charge is 0.130 e. The second-order valence-electron chi connectivity index (χ2n) is 5.26. The second-order valence-corrected chi connectivity index (χ2v) is 5.26. The van der Waals surface area contributed by atoms with E-state index >= 15 is 0 Å². The normalized spacial score (nSPS) is 14.1. The monoisotopic (exact) mass is 282 g/mol. The van der Waals surface area contributed by atoms with Gasteiger partial charge in [0.15, 0.2) is 0 Å². The predicted molar refractivity (Wildman–Crippen MR) is 82.8 cm³/mol. The largest absolute Gasteiger partial charge is 0.383 e. The Morgan fingerprint density at radius 1 is 1.35 bits per heavy atom. The van der Waals surface area contributed by atoms with Gasteiger partial charge in [-0.15, -0.1) is 0 Å². The highest BCUT2D eigenvalue weighted by atomic mass is 19.1. The van der Waals surface area contributed by atoms with Crippen molar-refractivity contribution in [2.24, 2.45) is 0 Å². The highest BCUT2D eigenvalue weighted by Crippen LogP contribution is 2.29. The summed E-state index contributed by atoms with van der Waals surface area (Å²) in [7, 11) is 3.66. The first-order valence-electron chi connectivity index (χ1n) is 7.26. The third-order valence-electron chi connectivity index (χ3n) is 3.61. The molecule has 0 aromatic heterocycles. The molecule has 0 spiro atoms. The summed E-state index contributed by atoms with van der Waals surface area (Å²) < 4.78 is 19.4. The van der Waals surface area contributed by atoms with E-state index in [1.54, 1.807) is 13.2 Å². The second kappa shape index (κ2) is 8.22. The number of hydrogen-bond donors (Lipinski definition) is 1. The van der Waals surface area contributed by atoms with Gasteiger partial charge in [-0.05, 0) is 38.9 Å². The van der Waals surface area contributed by atoms with Gasteiger partial charge in [0.05, 0.1) is 6.61 Å². The summed E-state index contributed by atoms with van der Waals surface area (Å²) in [5.74, 6) is -0.157. The molecule has 20 heavy (non-hydrogen) atoms. The van der Waals surface area contributed by atoms with Gasteiger partial charge in [0.25, 0.3) is 0 Å². The van der Waals surface area contributed by atoms with Gasteiger partial charge in [-0.1, -0.05) is 13.0 Å². The number of ether oxygens (including phenoxy) is 1. The van der Waals surface area contributed by atoms with Crippen molar-refractivity contribution >= 4 is 5.69 Å². The van der Waals surface area contributed by atoms with E-state index in [1.807, 2.05) is 20.0 Å². The number of nitrogens with zero attached hydrogens (tertiary/aromatic N) is 1. The molecule has 3 nitrogen and oxygen atoms in total. The van der Waals surface area contributed by atoms with E-state index in [2.05, 4.69) is 24.1 Å². The number of methoxy groups -OCH3 is 1. The average molecular weight is 282 g/mol. The zero-order valence-electron chi connectivity index (χ0n) is 13.2. The van der Waals surface area contributed by atoms with Crippen molar-refractivity contribution in [3.05, 3.63) is 29.6 Å². The molecule has 0 heterocycles. The van der Waals surface area contributed by atoms with Crippen LogP contribution in [0.3, 0.4) is 0 Å². The maximum atomic E-state index is 14.2. The van der Waals surface area contributed by atoms with E-state index in [-0.39, 0.29) is 17.9 Å². The summed E-state index contributed by atoms with van der Waals surface area (Å²) in [6, 6.07) is 5.44. The standard InChI is InChI=1S/C16H27FN2O/c1-6-10-18-13(3)16-14(17)8-7-9-15(16)19(4)12(2)11-20-5/h7-9,12-13,18H,6,10-11H2,1-5H3. The van der Waals surface area contributed by atoms with Gasteiger partial charge >= 0.3 is 0 Å². The Hall–Kier alpha value is -1.13. The summed E-state index contributed by atoms with van der Waals surface area (Å²) in [5, 5.41) is 3.36. The molecule has 2 unspecified atom stereocenters. The number of likely N-dealkylation sites (N-methyl/N-ethyl adjacent to an activating group) is 1. The summed E-state index contributed by atoms with van der Waals surface area (Å²) >= 11 is 0. The van der Waals surface area contributed by atoms with Crippen molar-refractivity contribution in [3.8, 4) is 0 Å². The molecule has 0 bridgehead atoms. The maximum absolute atomic E-state index is 14.2. The van der Waals surface area contributed by atoms with Crippen molar-refractivity contribution in [1.29, 1.82) is 0 Å². The fourth-order valence-corrected chi connectivity index (χ4v) is 2.32. The number of halogens is 1. The Kier molecular flexibility index (Phi) is 6.96. The van der Waals surface area contributed by atoms with Crippen molar-refractivity contribution in [2.75, 3.05) is 32.2 Å². The Balaban J connectivity index is 3.03. The van der Waals surface area contributed by atoms with E-state index in [0.717, 1.165) is 24.2 Å². The summed E-state index contributed by atoms with van der Waals surface area (Å²) in [5.41, 5.74) is 1.65. The van der Waals surface area contributed by atoms with Crippen LogP contribution < -0.4 is 10.2 Å². The first-order valence-corrected chi connectivity index (χ1v) is 7.26. The third kappa shape index (κ3) is 4.18. The molecule has 1 rings (SSSR count). The van der Waals surface area contributed by atoms with Gasteiger partial charge < -0.3 is 15.0 Å². The average Bonchev–Trinajstić information content (AvgIpc) is 2.43. The molecule has 0 fully saturated rings. The summed E-state index contributed by atoms with van der Waals surface area (Å²) in [6.07, 6.45) is 1.03. The molecule has 1 aromatic rings. The molecule has 1 N–H and O–H groups in total. The first kappa shape index (κ1) is 16.9. The minimum absolute atomic E-state index is 0.0108. The van der Waals surface area contributed by atoms with Crippen molar-refractivity contribution in [2.45, 2.75) is 39.3 Å². The highest BCUT2D eigenvalue weighted by Gasteiger charge is 2.20. The fraction of sp³-hybridized carbons (Fsp3) is 0.625. The number of anilines is 1. The lowest BCUT2D eigenvalue weighted by molar-refractivity contribution is 0.183. The van der Waals surface area contributed by atoms with Crippen LogP contribution in [-0.4, -0.2) is 33.4 Å². The molecule has 0 aliphatic carbocycles. The highest BCUT2D eigenvalue weighted by molar-refractivity contribution is 5.55. The quantitative estimate of drug-likeness (QED) is 0.791. The van der Waals surface area contributed by atoms with Gasteiger partial charge in [-0.3, -0.25) is 0 Å². The van der Waals surface area contributed by atoms with Gasteiger partial charge in [-0.25, -0.2) is 4.39 Å². The van der Waals surface area contributed by atoms with Gasteiger partial charge in [0, 0.05) is 37.5 Å². The van der Waals surface area contributed by atoms with Crippen molar-refractivity contribution in [1.82, 2.24) is 5.32 Å². The van der Waals surface area contributed by atoms with E-state index in [1.165, 1.54) is 6.07 Å². The minimum Gasteiger partial charge on any atom is -0.383 e. The third-order valence-corrected chi connectivity index (χ3v) is 3.61. The molecule has 0 radical (unpaired) electrons. The molecule has 1 aromatic carbocycles. The van der Waals surface area contributed by atoms with Crippen LogP contribution in [-0.2, 0) is 4.74 Å². The topological polar surface area (TPSA) is 24.5 Å². The van der Waals surface area contributed by atoms with E-state index in [9.17, 15) is 4.39 Å².